The Balaban J connectivity index is 2.16. The van der Waals surface area contributed by atoms with Gasteiger partial charge >= 0.3 is 172 Å². The van der Waals surface area contributed by atoms with Crippen LogP contribution in [-0.2, 0) is 31.6 Å². The predicted molar refractivity (Wildman–Crippen MR) is 97.9 cm³/mol. The summed E-state index contributed by atoms with van der Waals surface area (Å²) in [6, 6.07) is 0.964. The molecule has 1 fully saturated rings. The van der Waals surface area contributed by atoms with Crippen LogP contribution in [0.5, 0.6) is 0 Å². The van der Waals surface area contributed by atoms with Crippen molar-refractivity contribution in [3.05, 3.63) is 33.1 Å². The van der Waals surface area contributed by atoms with E-state index in [4.69, 9.17) is 24.4 Å². The Morgan fingerprint density at radius 3 is 2.39 bits per heavy atom. The Bertz CT molecular complexity index is 1070. The molecule has 0 bridgehead atoms. The van der Waals surface area contributed by atoms with Crippen LogP contribution in [-0.4, -0.2) is 66.7 Å². The molecular formula is C10H17BN3O14P3. The van der Waals surface area contributed by atoms with E-state index in [9.17, 15) is 38.4 Å². The van der Waals surface area contributed by atoms with Gasteiger partial charge in [0.05, 0.1) is 0 Å². The van der Waals surface area contributed by atoms with E-state index in [1.165, 1.54) is 0 Å². The van der Waals surface area contributed by atoms with Crippen LogP contribution in [0.4, 0.5) is 0 Å². The van der Waals surface area contributed by atoms with Crippen molar-refractivity contribution in [2.75, 3.05) is 13.2 Å². The van der Waals surface area contributed by atoms with Crippen molar-refractivity contribution in [3.8, 4) is 0 Å². The summed E-state index contributed by atoms with van der Waals surface area (Å²) < 4.78 is 53.1. The summed E-state index contributed by atoms with van der Waals surface area (Å²) in [6.45, 7) is -1.61. The Labute approximate surface area is 172 Å². The molecule has 21 heteroatoms. The third-order valence-corrected chi connectivity index (χ3v) is 8.10. The van der Waals surface area contributed by atoms with Gasteiger partial charge in [0.2, 0.25) is 0 Å². The number of hydrogen-bond donors (Lipinski definition) is 7. The predicted octanol–water partition coefficient (Wildman–Crippen LogP) is -1.78. The first-order valence-electron chi connectivity index (χ1n) is 8.03. The number of aromatic nitrogens is 2. The maximum atomic E-state index is 12.3. The van der Waals surface area contributed by atoms with Gasteiger partial charge in [-0.3, -0.25) is 0 Å². The Hall–Kier alpha value is -1.13. The van der Waals surface area contributed by atoms with Crippen LogP contribution < -0.4 is 11.2 Å². The van der Waals surface area contributed by atoms with Gasteiger partial charge in [0, 0.05) is 0 Å². The monoisotopic (exact) mass is 507 g/mol. The van der Waals surface area contributed by atoms with E-state index < -0.39 is 71.9 Å². The molecule has 1 aliphatic rings. The number of rotatable bonds is 10. The molecule has 17 nitrogen and oxygen atoms in total. The fourth-order valence-corrected chi connectivity index (χ4v) is 6.01. The van der Waals surface area contributed by atoms with Crippen molar-refractivity contribution in [2.45, 2.75) is 18.4 Å². The minimum absolute atomic E-state index is 0.0534. The molecular weight excluding hydrogens is 490 g/mol. The van der Waals surface area contributed by atoms with Crippen LogP contribution in [0.15, 0.2) is 21.9 Å². The number of H-pyrrole nitrogens is 1. The summed E-state index contributed by atoms with van der Waals surface area (Å²) in [5.41, 5.74) is -1.67. The number of nitrogens with zero attached hydrogens (tertiary/aromatic N) is 1. The van der Waals surface area contributed by atoms with Crippen LogP contribution >= 0.6 is 23.1 Å². The Morgan fingerprint density at radius 1 is 1.23 bits per heavy atom. The van der Waals surface area contributed by atoms with Crippen molar-refractivity contribution in [3.63, 3.8) is 0 Å². The van der Waals surface area contributed by atoms with Gasteiger partial charge in [-0.2, -0.15) is 0 Å². The summed E-state index contributed by atoms with van der Waals surface area (Å²) in [4.78, 5) is 51.4. The Kier molecular flexibility index (Phi) is 8.25. The molecule has 7 N–H and O–H groups in total. The van der Waals surface area contributed by atoms with Crippen molar-refractivity contribution in [1.29, 1.82) is 5.31 Å². The summed E-state index contributed by atoms with van der Waals surface area (Å²) in [6.07, 6.45) is -3.23. The van der Waals surface area contributed by atoms with E-state index >= 15 is 0 Å². The zero-order valence-electron chi connectivity index (χ0n) is 15.2. The van der Waals surface area contributed by atoms with Crippen molar-refractivity contribution < 1.29 is 56.5 Å². The first-order chi connectivity index (χ1) is 14.2. The third-order valence-electron chi connectivity index (χ3n) is 3.86. The molecule has 2 heterocycles. The zero-order chi connectivity index (χ0) is 23.6. The topological polar surface area (TPSA) is 268 Å². The summed E-state index contributed by atoms with van der Waals surface area (Å²) >= 11 is 0. The van der Waals surface area contributed by atoms with Crippen LogP contribution in [0.2, 0.25) is 0 Å². The summed E-state index contributed by atoms with van der Waals surface area (Å²) in [5.74, 6) is -1.14. The maximum absolute atomic E-state index is 12.3. The van der Waals surface area contributed by atoms with E-state index in [1.807, 2.05) is 4.98 Å². The SMILES string of the molecule is N=BP(=O)(OC[C@H]1O[C@@H](n2ccc(=O)[nH]c2=O)[C@H](O)[C@@H]1CO)OP(=O)(O)OP(=O)(O)O. The van der Waals surface area contributed by atoms with Crippen LogP contribution in [0.1, 0.15) is 6.23 Å². The van der Waals surface area contributed by atoms with E-state index in [2.05, 4.69) is 8.62 Å². The van der Waals surface area contributed by atoms with Crippen molar-refractivity contribution >= 4 is 29.9 Å². The van der Waals surface area contributed by atoms with Crippen LogP contribution in [0.25, 0.3) is 0 Å². The van der Waals surface area contributed by atoms with Gasteiger partial charge in [0.25, 0.3) is 0 Å². The second-order valence-corrected chi connectivity index (χ2v) is 10.8. The van der Waals surface area contributed by atoms with Gasteiger partial charge < -0.3 is 0 Å². The molecule has 0 aromatic carbocycles. The molecule has 0 amide bonds. The fourth-order valence-electron chi connectivity index (χ4n) is 2.59. The number of phosphoric acid groups is 2. The molecule has 1 aromatic rings. The molecule has 6 atom stereocenters. The quantitative estimate of drug-likeness (QED) is 0.136. The van der Waals surface area contributed by atoms with Gasteiger partial charge in [-0.25, -0.2) is 0 Å². The molecule has 0 radical (unpaired) electrons. The van der Waals surface area contributed by atoms with Crippen LogP contribution in [0, 0.1) is 11.2 Å². The second kappa shape index (κ2) is 9.79. The summed E-state index contributed by atoms with van der Waals surface area (Å²) in [5, 5.41) is 26.9. The minimum atomic E-state index is -5.64. The molecule has 2 unspecified atom stereocenters. The normalized spacial score (nSPS) is 27.9. The van der Waals surface area contributed by atoms with Crippen molar-refractivity contribution in [2.24, 2.45) is 5.92 Å². The molecule has 174 valence electrons. The first kappa shape index (κ1) is 26.1. The standard InChI is InChI=1S/C10H17BN3O14P3/c12-11-29(19,27-31(23,24)28-30(20,21)22)25-4-6-5(3-15)8(17)9(26-6)14-2-1-7(16)13-10(14)18/h1-2,5-6,8-9,12,15,17H,3-4H2,(H,23,24)(H,13,16,18)(H2,20,21,22)/t5-,6-,8-,9-,29?/m1/s1. The average Bonchev–Trinajstić information content (AvgIpc) is 2.93. The summed E-state index contributed by atoms with van der Waals surface area (Å²) in [7, 11) is -16.1. The molecule has 1 aliphatic heterocycles. The van der Waals surface area contributed by atoms with Crippen molar-refractivity contribution in [1.82, 2.24) is 9.55 Å². The van der Waals surface area contributed by atoms with Gasteiger partial charge in [0.1, 0.15) is 0 Å². The molecule has 0 spiro atoms. The van der Waals surface area contributed by atoms with Gasteiger partial charge in [0.15, 0.2) is 0 Å². The van der Waals surface area contributed by atoms with E-state index in [0.29, 0.717) is 0 Å². The molecule has 1 saturated heterocycles. The average molecular weight is 507 g/mol. The zero-order valence-corrected chi connectivity index (χ0v) is 17.8. The van der Waals surface area contributed by atoms with Crippen LogP contribution in [0.3, 0.4) is 0 Å². The number of hydrogen-bond acceptors (Lipinski definition) is 12. The number of aliphatic hydroxyl groups is 2. The van der Waals surface area contributed by atoms with Gasteiger partial charge in [-0.15, -0.1) is 0 Å². The fraction of sp³-hybridized carbons (Fsp3) is 0.600. The number of nitrogens with one attached hydrogen (secondary N) is 2. The third kappa shape index (κ3) is 6.93. The van der Waals surface area contributed by atoms with E-state index in [0.717, 1.165) is 16.8 Å². The number of ether oxygens (including phenoxy) is 1. The number of aliphatic hydroxyl groups excluding tert-OH is 2. The van der Waals surface area contributed by atoms with Gasteiger partial charge in [-0.05, 0) is 0 Å². The second-order valence-electron chi connectivity index (χ2n) is 6.01. The van der Waals surface area contributed by atoms with Gasteiger partial charge in [-0.1, -0.05) is 0 Å². The Morgan fingerprint density at radius 2 is 1.87 bits per heavy atom. The molecule has 0 saturated carbocycles. The molecule has 31 heavy (non-hydrogen) atoms. The molecule has 0 aliphatic carbocycles. The van der Waals surface area contributed by atoms with E-state index in [1.54, 1.807) is 0 Å². The van der Waals surface area contributed by atoms with E-state index in [-0.39, 0.29) is 6.79 Å². The molecule has 1 aromatic heterocycles. The molecule has 2 rings (SSSR count). The first-order valence-corrected chi connectivity index (χ1v) is 12.7. The number of aromatic amines is 1.